The number of nitrogens with zero attached hydrogens (tertiary/aromatic N) is 1. The van der Waals surface area contributed by atoms with Crippen LogP contribution < -0.4 is 15.4 Å². The van der Waals surface area contributed by atoms with E-state index in [1.54, 1.807) is 26.2 Å². The molecule has 1 aromatic rings. The van der Waals surface area contributed by atoms with Crippen LogP contribution >= 0.6 is 27.5 Å². The van der Waals surface area contributed by atoms with Gasteiger partial charge in [-0.2, -0.15) is 0 Å². The fourth-order valence-corrected chi connectivity index (χ4v) is 2.35. The minimum atomic E-state index is -0.181. The van der Waals surface area contributed by atoms with Crippen LogP contribution in [0.1, 0.15) is 12.8 Å². The Morgan fingerprint density at radius 3 is 2.61 bits per heavy atom. The maximum Gasteiger partial charge on any atom is 0.316 e. The lowest BCUT2D eigenvalue weighted by Gasteiger charge is -2.12. The molecular weight excluding hydrogens is 386 g/mol. The summed E-state index contributed by atoms with van der Waals surface area (Å²) in [5, 5.41) is 5.93. The fraction of sp³-hybridized carbons (Fsp3) is 0.467. The normalized spacial score (nSPS) is 10.1. The maximum atomic E-state index is 11.6. The molecule has 1 rings (SSSR count). The van der Waals surface area contributed by atoms with Gasteiger partial charge < -0.3 is 20.3 Å². The molecule has 0 fully saturated rings. The van der Waals surface area contributed by atoms with Gasteiger partial charge in [0, 0.05) is 38.1 Å². The molecule has 8 heteroatoms. The molecule has 0 aromatic heterocycles. The first-order valence-electron chi connectivity index (χ1n) is 7.20. The second-order valence-electron chi connectivity index (χ2n) is 5.00. The van der Waals surface area contributed by atoms with Crippen LogP contribution in [0.25, 0.3) is 0 Å². The molecular formula is C15H21BrClN3O3. The topological polar surface area (TPSA) is 70.7 Å². The van der Waals surface area contributed by atoms with Crippen molar-refractivity contribution in [2.45, 2.75) is 12.8 Å². The standard InChI is InChI=1S/C15H21BrClN3O3/c1-20(2)15(22)19-8-7-18-14(21)4-3-9-23-13-6-5-11(16)10-12(13)17/h5-6,10H,3-4,7-9H2,1-2H3,(H,18,21)(H,19,22). The number of benzene rings is 1. The number of rotatable bonds is 8. The van der Waals surface area contributed by atoms with E-state index >= 15 is 0 Å². The highest BCUT2D eigenvalue weighted by Crippen LogP contribution is 2.27. The SMILES string of the molecule is CN(C)C(=O)NCCNC(=O)CCCOc1ccc(Br)cc1Cl. The summed E-state index contributed by atoms with van der Waals surface area (Å²) in [7, 11) is 3.32. The van der Waals surface area contributed by atoms with Crippen molar-refractivity contribution in [2.24, 2.45) is 0 Å². The van der Waals surface area contributed by atoms with E-state index in [1.165, 1.54) is 4.90 Å². The van der Waals surface area contributed by atoms with Gasteiger partial charge in [-0.05, 0) is 24.6 Å². The Labute approximate surface area is 149 Å². The van der Waals surface area contributed by atoms with Crippen molar-refractivity contribution in [3.63, 3.8) is 0 Å². The number of halogens is 2. The second kappa shape index (κ2) is 10.3. The van der Waals surface area contributed by atoms with E-state index in [0.29, 0.717) is 43.3 Å². The predicted molar refractivity (Wildman–Crippen MR) is 94.0 cm³/mol. The summed E-state index contributed by atoms with van der Waals surface area (Å²) in [5.41, 5.74) is 0. The Morgan fingerprint density at radius 2 is 1.96 bits per heavy atom. The van der Waals surface area contributed by atoms with E-state index in [2.05, 4.69) is 26.6 Å². The molecule has 3 amide bonds. The van der Waals surface area contributed by atoms with Crippen molar-refractivity contribution < 1.29 is 14.3 Å². The van der Waals surface area contributed by atoms with Gasteiger partial charge in [0.2, 0.25) is 5.91 Å². The molecule has 0 aliphatic carbocycles. The summed E-state index contributed by atoms with van der Waals surface area (Å²) in [6, 6.07) is 5.20. The molecule has 128 valence electrons. The molecule has 0 bridgehead atoms. The molecule has 0 aliphatic rings. The van der Waals surface area contributed by atoms with Crippen LogP contribution in [0.2, 0.25) is 5.02 Å². The molecule has 6 nitrogen and oxygen atoms in total. The lowest BCUT2D eigenvalue weighted by atomic mass is 10.3. The lowest BCUT2D eigenvalue weighted by Crippen LogP contribution is -2.39. The number of urea groups is 1. The van der Waals surface area contributed by atoms with Crippen molar-refractivity contribution in [2.75, 3.05) is 33.8 Å². The zero-order valence-corrected chi connectivity index (χ0v) is 15.5. The van der Waals surface area contributed by atoms with Crippen LogP contribution in [0, 0.1) is 0 Å². The Morgan fingerprint density at radius 1 is 1.26 bits per heavy atom. The average molecular weight is 407 g/mol. The molecule has 0 saturated heterocycles. The fourth-order valence-electron chi connectivity index (χ4n) is 1.62. The molecule has 0 spiro atoms. The van der Waals surface area contributed by atoms with E-state index in [-0.39, 0.29) is 11.9 Å². The molecule has 0 saturated carbocycles. The zero-order valence-electron chi connectivity index (χ0n) is 13.2. The number of hydrogen-bond acceptors (Lipinski definition) is 3. The van der Waals surface area contributed by atoms with Gasteiger partial charge in [-0.25, -0.2) is 4.79 Å². The van der Waals surface area contributed by atoms with Crippen LogP contribution in [-0.2, 0) is 4.79 Å². The molecule has 0 radical (unpaired) electrons. The van der Waals surface area contributed by atoms with Crippen LogP contribution in [0.15, 0.2) is 22.7 Å². The molecule has 1 aromatic carbocycles. The van der Waals surface area contributed by atoms with Crippen LogP contribution in [-0.4, -0.2) is 50.6 Å². The molecule has 0 unspecified atom stereocenters. The maximum absolute atomic E-state index is 11.6. The Kier molecular flexibility index (Phi) is 8.79. The van der Waals surface area contributed by atoms with Gasteiger partial charge in [0.1, 0.15) is 5.75 Å². The third-order valence-electron chi connectivity index (χ3n) is 2.83. The van der Waals surface area contributed by atoms with Crippen molar-refractivity contribution in [1.82, 2.24) is 15.5 Å². The van der Waals surface area contributed by atoms with Crippen molar-refractivity contribution >= 4 is 39.5 Å². The van der Waals surface area contributed by atoms with Gasteiger partial charge in [0.25, 0.3) is 0 Å². The summed E-state index contributed by atoms with van der Waals surface area (Å²) < 4.78 is 6.42. The third-order valence-corrected chi connectivity index (χ3v) is 3.62. The van der Waals surface area contributed by atoms with Gasteiger partial charge in [-0.3, -0.25) is 4.79 Å². The highest BCUT2D eigenvalue weighted by Gasteiger charge is 2.05. The van der Waals surface area contributed by atoms with Crippen molar-refractivity contribution in [3.05, 3.63) is 27.7 Å². The summed E-state index contributed by atoms with van der Waals surface area (Å²) in [5.74, 6) is 0.524. The summed E-state index contributed by atoms with van der Waals surface area (Å²) in [6.45, 7) is 1.21. The number of hydrogen-bond donors (Lipinski definition) is 2. The first-order chi connectivity index (χ1) is 10.9. The zero-order chi connectivity index (χ0) is 17.2. The minimum absolute atomic E-state index is 0.0744. The van der Waals surface area contributed by atoms with Crippen LogP contribution in [0.5, 0.6) is 5.75 Å². The lowest BCUT2D eigenvalue weighted by molar-refractivity contribution is -0.121. The first kappa shape index (κ1) is 19.6. The van der Waals surface area contributed by atoms with E-state index in [9.17, 15) is 9.59 Å². The summed E-state index contributed by atoms with van der Waals surface area (Å²) >= 11 is 9.35. The smallest absolute Gasteiger partial charge is 0.316 e. The highest BCUT2D eigenvalue weighted by atomic mass is 79.9. The number of carbonyl (C=O) groups is 2. The van der Waals surface area contributed by atoms with E-state index in [0.717, 1.165) is 4.47 Å². The average Bonchev–Trinajstić information content (AvgIpc) is 2.49. The Hall–Kier alpha value is -1.47. The minimum Gasteiger partial charge on any atom is -0.492 e. The van der Waals surface area contributed by atoms with E-state index in [4.69, 9.17) is 16.3 Å². The van der Waals surface area contributed by atoms with Crippen molar-refractivity contribution in [1.29, 1.82) is 0 Å². The molecule has 2 N–H and O–H groups in total. The second-order valence-corrected chi connectivity index (χ2v) is 6.33. The molecule has 0 heterocycles. The Bertz CT molecular complexity index is 541. The molecule has 23 heavy (non-hydrogen) atoms. The van der Waals surface area contributed by atoms with Crippen LogP contribution in [0.4, 0.5) is 4.79 Å². The number of ether oxygens (including phenoxy) is 1. The predicted octanol–water partition coefficient (Wildman–Crippen LogP) is 2.65. The van der Waals surface area contributed by atoms with Gasteiger partial charge in [-0.15, -0.1) is 0 Å². The van der Waals surface area contributed by atoms with Gasteiger partial charge >= 0.3 is 6.03 Å². The highest BCUT2D eigenvalue weighted by molar-refractivity contribution is 9.10. The number of nitrogens with one attached hydrogen (secondary N) is 2. The molecule has 0 aliphatic heterocycles. The summed E-state index contributed by atoms with van der Waals surface area (Å²) in [4.78, 5) is 24.3. The third kappa shape index (κ3) is 8.08. The van der Waals surface area contributed by atoms with Crippen LogP contribution in [0.3, 0.4) is 0 Å². The number of carbonyl (C=O) groups excluding carboxylic acids is 2. The van der Waals surface area contributed by atoms with E-state index in [1.807, 2.05) is 6.07 Å². The van der Waals surface area contributed by atoms with Gasteiger partial charge in [-0.1, -0.05) is 27.5 Å². The monoisotopic (exact) mass is 405 g/mol. The van der Waals surface area contributed by atoms with E-state index < -0.39 is 0 Å². The van der Waals surface area contributed by atoms with Gasteiger partial charge in [0.05, 0.1) is 11.6 Å². The van der Waals surface area contributed by atoms with Crippen molar-refractivity contribution in [3.8, 4) is 5.75 Å². The number of amides is 3. The quantitative estimate of drug-likeness (QED) is 0.652. The molecule has 0 atom stereocenters. The summed E-state index contributed by atoms with van der Waals surface area (Å²) in [6.07, 6.45) is 0.943. The largest absolute Gasteiger partial charge is 0.492 e. The Balaban J connectivity index is 2.11. The first-order valence-corrected chi connectivity index (χ1v) is 8.37. The van der Waals surface area contributed by atoms with Gasteiger partial charge in [0.15, 0.2) is 0 Å².